The first-order valence-electron chi connectivity index (χ1n) is 9.74. The molecule has 7 heteroatoms. The van der Waals surface area contributed by atoms with Crippen LogP contribution in [0.15, 0.2) is 30.3 Å². The van der Waals surface area contributed by atoms with Gasteiger partial charge in [-0.25, -0.2) is 8.42 Å². The molecule has 3 rings (SSSR count). The first kappa shape index (κ1) is 22.6. The SMILES string of the molecule is CC1CN(S(=O)(=O)C(C)C)CC2(CCN(CCc3ccccc3)CC2)O1.Cl. The zero-order valence-electron chi connectivity index (χ0n) is 16.6. The molecule has 0 aromatic heterocycles. The molecule has 1 spiro atoms. The maximum absolute atomic E-state index is 12.6. The molecule has 2 saturated heterocycles. The molecule has 1 atom stereocenters. The second kappa shape index (κ2) is 9.23. The summed E-state index contributed by atoms with van der Waals surface area (Å²) in [5, 5.41) is -0.379. The number of ether oxygens (including phenoxy) is 1. The minimum atomic E-state index is -3.23. The van der Waals surface area contributed by atoms with Gasteiger partial charge in [0.25, 0.3) is 0 Å². The van der Waals surface area contributed by atoms with E-state index >= 15 is 0 Å². The van der Waals surface area contributed by atoms with Crippen molar-refractivity contribution in [1.82, 2.24) is 9.21 Å². The molecule has 1 aromatic carbocycles. The van der Waals surface area contributed by atoms with Crippen LogP contribution in [0.1, 0.15) is 39.2 Å². The largest absolute Gasteiger partial charge is 0.369 e. The third-order valence-electron chi connectivity index (χ3n) is 5.66. The number of halogens is 1. The number of benzene rings is 1. The lowest BCUT2D eigenvalue weighted by Gasteiger charge is -2.49. The van der Waals surface area contributed by atoms with Gasteiger partial charge in [-0.2, -0.15) is 4.31 Å². The molecule has 0 aliphatic carbocycles. The Balaban J connectivity index is 0.00000261. The lowest BCUT2D eigenvalue weighted by Crippen LogP contribution is -2.61. The lowest BCUT2D eigenvalue weighted by molar-refractivity contribution is -0.154. The van der Waals surface area contributed by atoms with Gasteiger partial charge in [-0.1, -0.05) is 30.3 Å². The molecule has 0 amide bonds. The van der Waals surface area contributed by atoms with E-state index in [9.17, 15) is 8.42 Å². The zero-order chi connectivity index (χ0) is 18.8. The number of likely N-dealkylation sites (tertiary alicyclic amines) is 1. The molecule has 27 heavy (non-hydrogen) atoms. The van der Waals surface area contributed by atoms with Gasteiger partial charge in [0.15, 0.2) is 0 Å². The lowest BCUT2D eigenvalue weighted by atomic mass is 9.89. The highest BCUT2D eigenvalue weighted by Gasteiger charge is 2.45. The van der Waals surface area contributed by atoms with E-state index in [4.69, 9.17) is 4.74 Å². The normalized spacial score (nSPS) is 24.1. The van der Waals surface area contributed by atoms with E-state index in [-0.39, 0.29) is 29.4 Å². The first-order chi connectivity index (χ1) is 12.3. The molecule has 2 aliphatic rings. The Hall–Kier alpha value is -0.660. The summed E-state index contributed by atoms with van der Waals surface area (Å²) in [6.07, 6.45) is 2.80. The second-order valence-corrected chi connectivity index (χ2v) is 10.6. The van der Waals surface area contributed by atoms with Crippen molar-refractivity contribution in [2.45, 2.75) is 57.0 Å². The maximum atomic E-state index is 12.6. The summed E-state index contributed by atoms with van der Waals surface area (Å²) in [4.78, 5) is 2.47. The van der Waals surface area contributed by atoms with Gasteiger partial charge < -0.3 is 9.64 Å². The molecule has 0 radical (unpaired) electrons. The Bertz CT molecular complexity index is 688. The number of sulfonamides is 1. The molecule has 154 valence electrons. The summed E-state index contributed by atoms with van der Waals surface area (Å²) in [6.45, 7) is 9.46. The van der Waals surface area contributed by atoms with E-state index in [0.717, 1.165) is 38.9 Å². The minimum absolute atomic E-state index is 0. The van der Waals surface area contributed by atoms with Gasteiger partial charge in [0, 0.05) is 32.7 Å². The van der Waals surface area contributed by atoms with E-state index in [1.807, 2.05) is 13.0 Å². The molecule has 1 aromatic rings. The first-order valence-corrected chi connectivity index (χ1v) is 11.2. The number of hydrogen-bond donors (Lipinski definition) is 0. The molecular weight excluding hydrogens is 384 g/mol. The van der Waals surface area contributed by atoms with Crippen LogP contribution >= 0.6 is 12.4 Å². The molecule has 0 N–H and O–H groups in total. The fraction of sp³-hybridized carbons (Fsp3) is 0.700. The van der Waals surface area contributed by atoms with Gasteiger partial charge in [0.1, 0.15) is 0 Å². The Kier molecular flexibility index (Phi) is 7.73. The molecular formula is C20H33ClN2O3S. The van der Waals surface area contributed by atoms with Gasteiger partial charge in [0.2, 0.25) is 10.0 Å². The van der Waals surface area contributed by atoms with Crippen molar-refractivity contribution in [2.75, 3.05) is 32.7 Å². The van der Waals surface area contributed by atoms with Crippen LogP contribution in [0.4, 0.5) is 0 Å². The van der Waals surface area contributed by atoms with Crippen LogP contribution in [-0.2, 0) is 21.2 Å². The summed E-state index contributed by atoms with van der Waals surface area (Å²) in [5.41, 5.74) is 1.05. The van der Waals surface area contributed by atoms with E-state index in [0.29, 0.717) is 13.1 Å². The Labute approximate surface area is 170 Å². The minimum Gasteiger partial charge on any atom is -0.369 e. The van der Waals surface area contributed by atoms with Gasteiger partial charge in [-0.3, -0.25) is 0 Å². The highest BCUT2D eigenvalue weighted by atomic mass is 35.5. The topological polar surface area (TPSA) is 49.9 Å². The molecule has 2 aliphatic heterocycles. The Morgan fingerprint density at radius 3 is 2.41 bits per heavy atom. The van der Waals surface area contributed by atoms with E-state index in [1.54, 1.807) is 18.2 Å². The fourth-order valence-electron chi connectivity index (χ4n) is 4.06. The molecule has 1 unspecified atom stereocenters. The number of piperidine rings is 1. The van der Waals surface area contributed by atoms with Crippen LogP contribution < -0.4 is 0 Å². The van der Waals surface area contributed by atoms with E-state index in [2.05, 4.69) is 29.2 Å². The van der Waals surface area contributed by atoms with Crippen molar-refractivity contribution in [3.63, 3.8) is 0 Å². The van der Waals surface area contributed by atoms with Crippen LogP contribution in [0.25, 0.3) is 0 Å². The van der Waals surface area contributed by atoms with Crippen LogP contribution in [0.2, 0.25) is 0 Å². The van der Waals surface area contributed by atoms with Crippen molar-refractivity contribution in [3.05, 3.63) is 35.9 Å². The summed E-state index contributed by atoms with van der Waals surface area (Å²) >= 11 is 0. The number of morpholine rings is 1. The summed E-state index contributed by atoms with van der Waals surface area (Å²) in [6, 6.07) is 10.6. The van der Waals surface area contributed by atoms with Crippen LogP contribution in [0.3, 0.4) is 0 Å². The monoisotopic (exact) mass is 416 g/mol. The highest BCUT2D eigenvalue weighted by Crippen LogP contribution is 2.34. The number of nitrogens with zero attached hydrogens (tertiary/aromatic N) is 2. The van der Waals surface area contributed by atoms with Crippen molar-refractivity contribution in [1.29, 1.82) is 0 Å². The number of hydrogen-bond acceptors (Lipinski definition) is 4. The molecule has 2 fully saturated rings. The number of rotatable bonds is 5. The smallest absolute Gasteiger partial charge is 0.216 e. The van der Waals surface area contributed by atoms with Crippen LogP contribution in [0, 0.1) is 0 Å². The molecule has 0 bridgehead atoms. The van der Waals surface area contributed by atoms with E-state index < -0.39 is 10.0 Å². The second-order valence-electron chi connectivity index (χ2n) is 8.07. The van der Waals surface area contributed by atoms with E-state index in [1.165, 1.54) is 5.56 Å². The summed E-state index contributed by atoms with van der Waals surface area (Å²) in [5.74, 6) is 0. The standard InChI is InChI=1S/C20H32N2O3S.ClH/c1-17(2)26(23,24)22-15-18(3)25-20(16-22)10-13-21(14-11-20)12-9-19-7-5-4-6-8-19;/h4-8,17-18H,9-16H2,1-3H3;1H. The van der Waals surface area contributed by atoms with Crippen molar-refractivity contribution < 1.29 is 13.2 Å². The fourth-order valence-corrected chi connectivity index (χ4v) is 5.49. The summed E-state index contributed by atoms with van der Waals surface area (Å²) in [7, 11) is -3.23. The molecule has 2 heterocycles. The van der Waals surface area contributed by atoms with Crippen molar-refractivity contribution in [2.24, 2.45) is 0 Å². The molecule has 0 saturated carbocycles. The quantitative estimate of drug-likeness (QED) is 0.740. The Morgan fingerprint density at radius 1 is 1.19 bits per heavy atom. The van der Waals surface area contributed by atoms with Crippen molar-refractivity contribution in [3.8, 4) is 0 Å². The van der Waals surface area contributed by atoms with Crippen molar-refractivity contribution >= 4 is 22.4 Å². The van der Waals surface area contributed by atoms with Gasteiger partial charge in [-0.05, 0) is 45.6 Å². The predicted molar refractivity (Wildman–Crippen MR) is 112 cm³/mol. The van der Waals surface area contributed by atoms with Gasteiger partial charge >= 0.3 is 0 Å². The summed E-state index contributed by atoms with van der Waals surface area (Å²) < 4.78 is 33.3. The third kappa shape index (κ3) is 5.45. The van der Waals surface area contributed by atoms with Crippen LogP contribution in [-0.4, -0.2) is 67.3 Å². The molecule has 5 nitrogen and oxygen atoms in total. The average molecular weight is 417 g/mol. The average Bonchev–Trinajstić information content (AvgIpc) is 2.61. The predicted octanol–water partition coefficient (Wildman–Crippen LogP) is 2.94. The zero-order valence-corrected chi connectivity index (χ0v) is 18.3. The highest BCUT2D eigenvalue weighted by molar-refractivity contribution is 7.89. The Morgan fingerprint density at radius 2 is 1.81 bits per heavy atom. The van der Waals surface area contributed by atoms with Gasteiger partial charge in [0.05, 0.1) is 17.0 Å². The maximum Gasteiger partial charge on any atom is 0.216 e. The van der Waals surface area contributed by atoms with Crippen LogP contribution in [0.5, 0.6) is 0 Å². The third-order valence-corrected chi connectivity index (χ3v) is 7.85. The van der Waals surface area contributed by atoms with Gasteiger partial charge in [-0.15, -0.1) is 12.4 Å².